The Morgan fingerprint density at radius 1 is 1.05 bits per heavy atom. The van der Waals surface area contributed by atoms with Gasteiger partial charge in [-0.25, -0.2) is 18.7 Å². The molecule has 2 heterocycles. The number of aromatic nitrogens is 2. The average molecular weight is 520 g/mol. The van der Waals surface area contributed by atoms with Crippen molar-refractivity contribution in [2.24, 2.45) is 5.73 Å². The summed E-state index contributed by atoms with van der Waals surface area (Å²) in [4.78, 5) is 20.8. The minimum Gasteiger partial charge on any atom is -0.494 e. The smallest absolute Gasteiger partial charge is 0.433 e. The molecule has 0 aliphatic heterocycles. The zero-order chi connectivity index (χ0) is 27.0. The summed E-state index contributed by atoms with van der Waals surface area (Å²) in [5.41, 5.74) is 4.60. The molecule has 194 valence electrons. The highest BCUT2D eigenvalue weighted by Gasteiger charge is 2.33. The van der Waals surface area contributed by atoms with Crippen LogP contribution in [0.25, 0.3) is 22.4 Å². The fourth-order valence-electron chi connectivity index (χ4n) is 3.85. The van der Waals surface area contributed by atoms with Crippen LogP contribution in [0.3, 0.4) is 0 Å². The first-order valence-corrected chi connectivity index (χ1v) is 10.9. The number of alkyl halides is 5. The summed E-state index contributed by atoms with van der Waals surface area (Å²) in [6.07, 6.45) is -4.67. The van der Waals surface area contributed by atoms with Crippen LogP contribution in [-0.2, 0) is 25.2 Å². The van der Waals surface area contributed by atoms with Crippen molar-refractivity contribution >= 4 is 16.8 Å². The lowest BCUT2D eigenvalue weighted by Gasteiger charge is -2.15. The summed E-state index contributed by atoms with van der Waals surface area (Å²) in [6.45, 7) is 0.333. The highest BCUT2D eigenvalue weighted by atomic mass is 19.4. The van der Waals surface area contributed by atoms with Gasteiger partial charge in [0.05, 0.1) is 13.7 Å². The van der Waals surface area contributed by atoms with Gasteiger partial charge in [0.15, 0.2) is 11.5 Å². The number of nitrogens with two attached hydrogens (primary N) is 1. The van der Waals surface area contributed by atoms with Crippen molar-refractivity contribution in [2.75, 3.05) is 7.11 Å². The van der Waals surface area contributed by atoms with E-state index in [0.29, 0.717) is 0 Å². The molecule has 2 aromatic heterocycles. The summed E-state index contributed by atoms with van der Waals surface area (Å²) in [5, 5.41) is 2.78. The number of pyridine rings is 1. The first-order chi connectivity index (χ1) is 17.4. The van der Waals surface area contributed by atoms with E-state index in [4.69, 9.17) is 14.9 Å². The molecule has 37 heavy (non-hydrogen) atoms. The molecule has 0 radical (unpaired) electrons. The van der Waals surface area contributed by atoms with Crippen LogP contribution in [-0.4, -0.2) is 23.0 Å². The molecule has 7 nitrogen and oxygen atoms in total. The molecule has 0 spiro atoms. The van der Waals surface area contributed by atoms with Crippen LogP contribution in [0.5, 0.6) is 5.75 Å². The lowest BCUT2D eigenvalue weighted by atomic mass is 10.0. The SMILES string of the molecule is COc1ccc(-c2nc(C(=O)NCc3ccccc3C(C)(F)F)c(CN)o2)c2ccc(C(F)(F)F)nc12. The largest absolute Gasteiger partial charge is 0.494 e. The number of fused-ring (bicyclic) bond motifs is 1. The van der Waals surface area contributed by atoms with E-state index in [1.807, 2.05) is 0 Å². The number of carbonyl (C=O) groups excluding carboxylic acids is 1. The molecular weight excluding hydrogens is 499 g/mol. The number of methoxy groups -OCH3 is 1. The maximum atomic E-state index is 13.9. The van der Waals surface area contributed by atoms with Gasteiger partial charge in [0.25, 0.3) is 11.8 Å². The second-order valence-corrected chi connectivity index (χ2v) is 8.13. The molecule has 0 aliphatic carbocycles. The van der Waals surface area contributed by atoms with Crippen LogP contribution in [0.1, 0.15) is 40.0 Å². The minimum absolute atomic E-state index is 0.00504. The van der Waals surface area contributed by atoms with Gasteiger partial charge in [0, 0.05) is 30.0 Å². The van der Waals surface area contributed by atoms with Crippen molar-refractivity contribution in [1.82, 2.24) is 15.3 Å². The lowest BCUT2D eigenvalue weighted by molar-refractivity contribution is -0.140. The van der Waals surface area contributed by atoms with Gasteiger partial charge in [-0.2, -0.15) is 13.2 Å². The molecule has 0 bridgehead atoms. The molecule has 0 unspecified atom stereocenters. The standard InChI is InChI=1S/C25H21F5N4O3/c1-24(26,27)16-6-4-3-5-13(16)12-32-22(35)21-18(11-31)37-23(34-21)15-7-9-17(36-2)20-14(15)8-10-19(33-20)25(28,29)30/h3-10H,11-12,31H2,1-2H3,(H,32,35). The number of halogens is 5. The maximum Gasteiger partial charge on any atom is 0.433 e. The molecule has 1 amide bonds. The number of hydrogen-bond acceptors (Lipinski definition) is 6. The molecule has 0 saturated carbocycles. The first kappa shape index (κ1) is 26.0. The summed E-state index contributed by atoms with van der Waals surface area (Å²) < 4.78 is 78.3. The molecular formula is C25H21F5N4O3. The van der Waals surface area contributed by atoms with Gasteiger partial charge in [0.2, 0.25) is 5.89 Å². The van der Waals surface area contributed by atoms with Crippen LogP contribution in [0, 0.1) is 0 Å². The lowest BCUT2D eigenvalue weighted by Crippen LogP contribution is -2.26. The quantitative estimate of drug-likeness (QED) is 0.316. The molecule has 12 heteroatoms. The van der Waals surface area contributed by atoms with E-state index in [1.54, 1.807) is 6.07 Å². The van der Waals surface area contributed by atoms with Gasteiger partial charge in [0.1, 0.15) is 17.0 Å². The Kier molecular flexibility index (Phi) is 6.87. The van der Waals surface area contributed by atoms with Crippen molar-refractivity contribution in [3.05, 3.63) is 76.8 Å². The molecule has 0 aliphatic rings. The highest BCUT2D eigenvalue weighted by molar-refractivity contribution is 5.98. The Morgan fingerprint density at radius 2 is 1.78 bits per heavy atom. The van der Waals surface area contributed by atoms with Gasteiger partial charge in [-0.1, -0.05) is 24.3 Å². The van der Waals surface area contributed by atoms with E-state index in [0.717, 1.165) is 13.0 Å². The number of oxazole rings is 1. The second kappa shape index (κ2) is 9.77. The Labute approximate surface area is 207 Å². The second-order valence-electron chi connectivity index (χ2n) is 8.13. The predicted molar refractivity (Wildman–Crippen MR) is 124 cm³/mol. The highest BCUT2D eigenvalue weighted by Crippen LogP contribution is 2.37. The Balaban J connectivity index is 1.69. The molecule has 3 N–H and O–H groups in total. The molecule has 4 rings (SSSR count). The molecule has 0 fully saturated rings. The monoisotopic (exact) mass is 520 g/mol. The summed E-state index contributed by atoms with van der Waals surface area (Å²) in [6, 6.07) is 10.7. The molecule has 2 aromatic carbocycles. The Bertz CT molecular complexity index is 1460. The number of amides is 1. The average Bonchev–Trinajstić information content (AvgIpc) is 3.29. The number of ether oxygens (including phenoxy) is 1. The number of rotatable bonds is 7. The first-order valence-electron chi connectivity index (χ1n) is 10.9. The summed E-state index contributed by atoms with van der Waals surface area (Å²) in [7, 11) is 1.29. The van der Waals surface area contributed by atoms with Crippen LogP contribution in [0.4, 0.5) is 22.0 Å². The van der Waals surface area contributed by atoms with Crippen molar-refractivity contribution in [2.45, 2.75) is 32.1 Å². The third kappa shape index (κ3) is 5.24. The van der Waals surface area contributed by atoms with E-state index in [-0.39, 0.29) is 63.8 Å². The number of benzene rings is 2. The van der Waals surface area contributed by atoms with Crippen LogP contribution < -0.4 is 15.8 Å². The van der Waals surface area contributed by atoms with Gasteiger partial charge < -0.3 is 20.2 Å². The van der Waals surface area contributed by atoms with Gasteiger partial charge in [-0.15, -0.1) is 0 Å². The van der Waals surface area contributed by atoms with E-state index < -0.39 is 23.7 Å². The van der Waals surface area contributed by atoms with E-state index in [9.17, 15) is 26.7 Å². The Hall–Kier alpha value is -4.06. The van der Waals surface area contributed by atoms with Crippen LogP contribution in [0.15, 0.2) is 52.9 Å². The zero-order valence-corrected chi connectivity index (χ0v) is 19.6. The summed E-state index contributed by atoms with van der Waals surface area (Å²) in [5.74, 6) is -3.81. The fourth-order valence-corrected chi connectivity index (χ4v) is 3.85. The van der Waals surface area contributed by atoms with E-state index >= 15 is 0 Å². The molecule has 4 aromatic rings. The molecule has 0 saturated heterocycles. The van der Waals surface area contributed by atoms with Crippen molar-refractivity contribution in [1.29, 1.82) is 0 Å². The van der Waals surface area contributed by atoms with E-state index in [1.165, 1.54) is 43.5 Å². The Morgan fingerprint density at radius 3 is 2.43 bits per heavy atom. The summed E-state index contributed by atoms with van der Waals surface area (Å²) >= 11 is 0. The number of nitrogens with zero attached hydrogens (tertiary/aromatic N) is 2. The van der Waals surface area contributed by atoms with E-state index in [2.05, 4.69) is 15.3 Å². The van der Waals surface area contributed by atoms with Gasteiger partial charge in [-0.3, -0.25) is 4.79 Å². The van der Waals surface area contributed by atoms with Crippen molar-refractivity contribution in [3.63, 3.8) is 0 Å². The van der Waals surface area contributed by atoms with Gasteiger partial charge in [-0.05, 0) is 29.8 Å². The maximum absolute atomic E-state index is 13.9. The van der Waals surface area contributed by atoms with Crippen LogP contribution in [0.2, 0.25) is 0 Å². The fraction of sp³-hybridized carbons (Fsp3) is 0.240. The third-order valence-corrected chi connectivity index (χ3v) is 5.59. The number of nitrogens with one attached hydrogen (secondary N) is 1. The number of hydrogen-bond donors (Lipinski definition) is 2. The molecule has 0 atom stereocenters. The minimum atomic E-state index is -4.67. The third-order valence-electron chi connectivity index (χ3n) is 5.59. The number of carbonyl (C=O) groups is 1. The van der Waals surface area contributed by atoms with Crippen molar-refractivity contribution in [3.8, 4) is 17.2 Å². The topological polar surface area (TPSA) is 103 Å². The van der Waals surface area contributed by atoms with Crippen LogP contribution >= 0.6 is 0 Å². The van der Waals surface area contributed by atoms with Gasteiger partial charge >= 0.3 is 6.18 Å². The van der Waals surface area contributed by atoms with Crippen molar-refractivity contribution < 1.29 is 35.9 Å². The predicted octanol–water partition coefficient (Wildman–Crippen LogP) is 5.42. The normalized spacial score (nSPS) is 12.1. The zero-order valence-electron chi connectivity index (χ0n) is 19.6.